The van der Waals surface area contributed by atoms with E-state index < -0.39 is 10.9 Å². The molecule has 32 heavy (non-hydrogen) atoms. The summed E-state index contributed by atoms with van der Waals surface area (Å²) in [4.78, 5) is 26.8. The zero-order valence-electron chi connectivity index (χ0n) is 16.3. The van der Waals surface area contributed by atoms with E-state index in [0.29, 0.717) is 11.3 Å². The van der Waals surface area contributed by atoms with Crippen molar-refractivity contribution in [2.75, 3.05) is 0 Å². The molecule has 3 aromatic rings. The van der Waals surface area contributed by atoms with Crippen LogP contribution < -0.4 is 4.74 Å². The minimum absolute atomic E-state index is 0.0389. The number of carbonyl (C=O) groups excluding carboxylic acids is 1. The maximum atomic E-state index is 12.2. The molecule has 3 aromatic carbocycles. The lowest BCUT2D eigenvalue weighted by atomic mass is 10.2. The second kappa shape index (κ2) is 9.61. The zero-order valence-corrected chi connectivity index (χ0v) is 20.1. The van der Waals surface area contributed by atoms with Gasteiger partial charge in [-0.25, -0.2) is 9.79 Å². The van der Waals surface area contributed by atoms with Crippen molar-refractivity contribution in [1.29, 1.82) is 0 Å². The molecule has 0 aromatic heterocycles. The maximum Gasteiger partial charge on any atom is 0.363 e. The Hall–Kier alpha value is -3.05. The van der Waals surface area contributed by atoms with Crippen molar-refractivity contribution in [3.8, 4) is 5.75 Å². The van der Waals surface area contributed by atoms with Crippen LogP contribution in [0.3, 0.4) is 0 Å². The lowest BCUT2D eigenvalue weighted by Crippen LogP contribution is -2.05. The van der Waals surface area contributed by atoms with E-state index in [1.807, 2.05) is 18.2 Å². The lowest BCUT2D eigenvalue weighted by molar-refractivity contribution is -0.384. The number of nitro groups is 1. The van der Waals surface area contributed by atoms with Crippen molar-refractivity contribution >= 4 is 62.2 Å². The quantitative estimate of drug-likeness (QED) is 0.115. The Labute approximate surface area is 205 Å². The van der Waals surface area contributed by atoms with Gasteiger partial charge in [-0.3, -0.25) is 10.1 Å². The largest absolute Gasteiger partial charge is 0.489 e. The first-order valence-electron chi connectivity index (χ1n) is 9.33. The SMILES string of the molecule is O=C1OC(c2ccc(I)c(Br)c2)=N/C1=C\c1ccc(OCc2ccc([N+](=O)[O-])cc2)cc1. The number of rotatable bonds is 6. The number of hydrogen-bond donors (Lipinski definition) is 0. The fraction of sp³-hybridized carbons (Fsp3) is 0.0435. The molecule has 1 aliphatic rings. The third kappa shape index (κ3) is 5.22. The Morgan fingerprint density at radius 3 is 2.47 bits per heavy atom. The van der Waals surface area contributed by atoms with Gasteiger partial charge < -0.3 is 9.47 Å². The predicted molar refractivity (Wildman–Crippen MR) is 131 cm³/mol. The van der Waals surface area contributed by atoms with Gasteiger partial charge in [-0.05, 0) is 98.2 Å². The normalized spacial score (nSPS) is 14.2. The number of aliphatic imine (C=N–C) groups is 1. The molecule has 0 bridgehead atoms. The molecule has 0 saturated carbocycles. The topological polar surface area (TPSA) is 91.0 Å². The summed E-state index contributed by atoms with van der Waals surface area (Å²) < 4.78 is 13.0. The van der Waals surface area contributed by atoms with Crippen LogP contribution in [0, 0.1) is 13.7 Å². The monoisotopic (exact) mass is 604 g/mol. The molecule has 0 atom stereocenters. The summed E-state index contributed by atoms with van der Waals surface area (Å²) in [6.07, 6.45) is 1.65. The van der Waals surface area contributed by atoms with Crippen LogP contribution in [-0.2, 0) is 16.1 Å². The molecule has 7 nitrogen and oxygen atoms in total. The summed E-state index contributed by atoms with van der Waals surface area (Å²) in [6, 6.07) is 19.0. The highest BCUT2D eigenvalue weighted by Gasteiger charge is 2.24. The molecule has 0 aliphatic carbocycles. The lowest BCUT2D eigenvalue weighted by Gasteiger charge is -2.06. The van der Waals surface area contributed by atoms with E-state index in [-0.39, 0.29) is 23.9 Å². The molecule has 0 unspecified atom stereocenters. The molecule has 0 saturated heterocycles. The Kier molecular flexibility index (Phi) is 6.66. The van der Waals surface area contributed by atoms with Crippen molar-refractivity contribution < 1.29 is 19.2 Å². The van der Waals surface area contributed by atoms with Gasteiger partial charge >= 0.3 is 5.97 Å². The summed E-state index contributed by atoms with van der Waals surface area (Å²) in [7, 11) is 0. The number of ether oxygens (including phenoxy) is 2. The summed E-state index contributed by atoms with van der Waals surface area (Å²) in [5.41, 5.74) is 2.56. The predicted octanol–water partition coefficient (Wildman–Crippen LogP) is 5.89. The highest BCUT2D eigenvalue weighted by atomic mass is 127. The van der Waals surface area contributed by atoms with Gasteiger partial charge in [0.05, 0.1) is 4.92 Å². The van der Waals surface area contributed by atoms with E-state index in [4.69, 9.17) is 9.47 Å². The average molecular weight is 605 g/mol. The van der Waals surface area contributed by atoms with Crippen molar-refractivity contribution in [3.63, 3.8) is 0 Å². The Morgan fingerprint density at radius 2 is 1.81 bits per heavy atom. The molecule has 0 radical (unpaired) electrons. The Morgan fingerprint density at radius 1 is 1.09 bits per heavy atom. The fourth-order valence-corrected chi connectivity index (χ4v) is 3.57. The molecule has 0 amide bonds. The van der Waals surface area contributed by atoms with Gasteiger partial charge in [0.1, 0.15) is 12.4 Å². The van der Waals surface area contributed by atoms with E-state index in [1.54, 1.807) is 42.5 Å². The van der Waals surface area contributed by atoms with Crippen LogP contribution >= 0.6 is 38.5 Å². The van der Waals surface area contributed by atoms with Crippen LogP contribution in [0.5, 0.6) is 5.75 Å². The van der Waals surface area contributed by atoms with E-state index >= 15 is 0 Å². The second-order valence-electron chi connectivity index (χ2n) is 6.75. The molecule has 1 heterocycles. The highest BCUT2D eigenvalue weighted by molar-refractivity contribution is 14.1. The van der Waals surface area contributed by atoms with Crippen molar-refractivity contribution in [2.45, 2.75) is 6.61 Å². The fourth-order valence-electron chi connectivity index (χ4n) is 2.86. The third-order valence-corrected chi connectivity index (χ3v) is 6.86. The molecule has 0 N–H and O–H groups in total. The molecule has 0 fully saturated rings. The van der Waals surface area contributed by atoms with Crippen LogP contribution in [-0.4, -0.2) is 16.8 Å². The molecule has 1 aliphatic heterocycles. The summed E-state index contributed by atoms with van der Waals surface area (Å²) in [6.45, 7) is 0.282. The molecule has 9 heteroatoms. The van der Waals surface area contributed by atoms with Crippen molar-refractivity contribution in [3.05, 3.63) is 107 Å². The highest BCUT2D eigenvalue weighted by Crippen LogP contribution is 2.25. The minimum atomic E-state index is -0.506. The number of non-ortho nitro benzene ring substituents is 1. The number of nitro benzene ring substituents is 1. The number of nitrogens with zero attached hydrogens (tertiary/aromatic N) is 2. The number of hydrogen-bond acceptors (Lipinski definition) is 6. The smallest absolute Gasteiger partial charge is 0.363 e. The van der Waals surface area contributed by atoms with E-state index in [0.717, 1.165) is 19.2 Å². The summed E-state index contributed by atoms with van der Waals surface area (Å²) in [5.74, 6) is 0.391. The molecule has 4 rings (SSSR count). The standard InChI is InChI=1S/C23H14BrIN2O5/c24-19-12-16(5-10-20(19)25)22-26-21(23(28)32-22)11-14-3-8-18(9-4-14)31-13-15-1-6-17(7-2-15)27(29)30/h1-12H,13H2/b21-11-. The van der Waals surface area contributed by atoms with E-state index in [2.05, 4.69) is 43.5 Å². The minimum Gasteiger partial charge on any atom is -0.489 e. The van der Waals surface area contributed by atoms with Crippen LogP contribution in [0.4, 0.5) is 5.69 Å². The first kappa shape index (κ1) is 22.2. The third-order valence-electron chi connectivity index (χ3n) is 4.52. The van der Waals surface area contributed by atoms with Gasteiger partial charge in [0.15, 0.2) is 5.70 Å². The molecule has 0 spiro atoms. The van der Waals surface area contributed by atoms with Crippen LogP contribution in [0.2, 0.25) is 0 Å². The summed E-state index contributed by atoms with van der Waals surface area (Å²) >= 11 is 5.67. The molecular weight excluding hydrogens is 591 g/mol. The number of benzene rings is 3. The van der Waals surface area contributed by atoms with E-state index in [9.17, 15) is 14.9 Å². The van der Waals surface area contributed by atoms with Crippen molar-refractivity contribution in [2.24, 2.45) is 4.99 Å². The summed E-state index contributed by atoms with van der Waals surface area (Å²) in [5, 5.41) is 10.7. The first-order chi connectivity index (χ1) is 15.4. The van der Waals surface area contributed by atoms with Crippen LogP contribution in [0.1, 0.15) is 16.7 Å². The number of esters is 1. The first-order valence-corrected chi connectivity index (χ1v) is 11.2. The molecular formula is C23H14BrIN2O5. The average Bonchev–Trinajstić information content (AvgIpc) is 3.15. The Balaban J connectivity index is 1.43. The molecule has 160 valence electrons. The second-order valence-corrected chi connectivity index (χ2v) is 8.76. The van der Waals surface area contributed by atoms with Gasteiger partial charge in [0, 0.05) is 25.7 Å². The van der Waals surface area contributed by atoms with Gasteiger partial charge in [-0.1, -0.05) is 12.1 Å². The van der Waals surface area contributed by atoms with E-state index in [1.165, 1.54) is 12.1 Å². The number of cyclic esters (lactones) is 1. The van der Waals surface area contributed by atoms with Gasteiger partial charge in [0.25, 0.3) is 5.69 Å². The van der Waals surface area contributed by atoms with Crippen LogP contribution in [0.15, 0.2) is 81.9 Å². The maximum absolute atomic E-state index is 12.2. The van der Waals surface area contributed by atoms with Gasteiger partial charge in [0.2, 0.25) is 5.90 Å². The number of halogens is 2. The number of carbonyl (C=O) groups is 1. The Bertz CT molecular complexity index is 1250. The van der Waals surface area contributed by atoms with Gasteiger partial charge in [-0.2, -0.15) is 0 Å². The van der Waals surface area contributed by atoms with Gasteiger partial charge in [-0.15, -0.1) is 0 Å². The van der Waals surface area contributed by atoms with Crippen LogP contribution in [0.25, 0.3) is 6.08 Å². The zero-order chi connectivity index (χ0) is 22.7. The van der Waals surface area contributed by atoms with Crippen molar-refractivity contribution in [1.82, 2.24) is 0 Å².